The molecule has 638 valence electrons. The molecule has 0 aliphatic carbocycles. The quantitative estimate of drug-likeness (QED) is 0.0194. The van der Waals surface area contributed by atoms with Gasteiger partial charge >= 0.3 is 59.7 Å². The Hall–Kier alpha value is -11.4. The van der Waals surface area contributed by atoms with Gasteiger partial charge in [-0.25, -0.2) is 24.0 Å². The van der Waals surface area contributed by atoms with Crippen LogP contribution in [0.2, 0.25) is 0 Å². The van der Waals surface area contributed by atoms with Gasteiger partial charge in [0.1, 0.15) is 46.1 Å². The largest absolute Gasteiger partial charge is 0.454 e. The summed E-state index contributed by atoms with van der Waals surface area (Å²) >= 11 is 0. The standard InChI is InChI=1S/C20H28O5.C19H26O5.C18H24O5.C18H22O5.C17H20O5/c1-13(24-14(2)21)18(23)25-16-11-9-8-10-15(16)20(6,7)12-17(22)19(3,4)5;1-13(20)23-12-17(22)24-15-10-8-7-9-14(15)19(5,6)11-16(21)18(2,3)4;2*1-12(22-13(2)19)17(21)23-15-9-7-6-8-14(15)10-11-16(20)18(3,4)5;1-12(18)21-11-16(20)22-14-8-6-5-7-13(14)9-10-15(19)17(2,3)4/h8-11,13H,12H2,1-7H3;7-10H,11-12H2,1-6H3;6-9,12H,10-11H2,1-5H3;6-12H,1-5H3;5-10H,11H2,1-4H3/b;;;11-10-;10-9-. The lowest BCUT2D eigenvalue weighted by molar-refractivity contribution is -0.159. The van der Waals surface area contributed by atoms with Crippen LogP contribution in [0.25, 0.3) is 12.2 Å². The van der Waals surface area contributed by atoms with E-state index < -0.39 is 129 Å². The fraction of sp³-hybridized carbons (Fsp3) is 0.467. The minimum absolute atomic E-state index is 0.0338. The molecule has 3 unspecified atom stereocenters. The lowest BCUT2D eigenvalue weighted by Crippen LogP contribution is -2.31. The predicted molar refractivity (Wildman–Crippen MR) is 441 cm³/mol. The fourth-order valence-electron chi connectivity index (χ4n) is 9.53. The van der Waals surface area contributed by atoms with Crippen LogP contribution in [0.15, 0.2) is 133 Å². The molecule has 0 fully saturated rings. The summed E-state index contributed by atoms with van der Waals surface area (Å²) in [5.41, 5.74) is 0.256. The van der Waals surface area contributed by atoms with Crippen molar-refractivity contribution in [2.24, 2.45) is 27.1 Å². The maximum absolute atomic E-state index is 12.5. The normalized spacial score (nSPS) is 12.3. The van der Waals surface area contributed by atoms with Gasteiger partial charge < -0.3 is 47.4 Å². The van der Waals surface area contributed by atoms with Gasteiger partial charge in [0.2, 0.25) is 0 Å². The lowest BCUT2D eigenvalue weighted by atomic mass is 9.75. The van der Waals surface area contributed by atoms with Gasteiger partial charge in [-0.05, 0) is 87.4 Å². The third kappa shape index (κ3) is 40.7. The van der Waals surface area contributed by atoms with Crippen LogP contribution < -0.4 is 23.7 Å². The third-order valence-corrected chi connectivity index (χ3v) is 16.6. The molecule has 0 N–H and O–H groups in total. The number of hydrogen-bond acceptors (Lipinski definition) is 25. The molecule has 3 atom stereocenters. The summed E-state index contributed by atoms with van der Waals surface area (Å²) in [6.07, 6.45) is 4.66. The van der Waals surface area contributed by atoms with Crippen molar-refractivity contribution in [2.45, 2.75) is 242 Å². The van der Waals surface area contributed by atoms with Gasteiger partial charge in [-0.1, -0.05) is 223 Å². The zero-order valence-electron chi connectivity index (χ0n) is 73.0. The molecular weight excluding hydrogens is 1500 g/mol. The van der Waals surface area contributed by atoms with Crippen LogP contribution in [-0.4, -0.2) is 120 Å². The van der Waals surface area contributed by atoms with Crippen molar-refractivity contribution in [3.8, 4) is 28.7 Å². The number of Topliss-reactive ketones (excluding diaryl/α,β-unsaturated/α-hetero) is 3. The highest BCUT2D eigenvalue weighted by molar-refractivity contribution is 5.98. The fourth-order valence-corrected chi connectivity index (χ4v) is 9.53. The summed E-state index contributed by atoms with van der Waals surface area (Å²) in [7, 11) is 0. The van der Waals surface area contributed by atoms with Crippen LogP contribution in [0.5, 0.6) is 28.7 Å². The molecule has 117 heavy (non-hydrogen) atoms. The smallest absolute Gasteiger partial charge is 0.352 e. The predicted octanol–water partition coefficient (Wildman–Crippen LogP) is 16.3. The lowest BCUT2D eigenvalue weighted by Gasteiger charge is -2.29. The van der Waals surface area contributed by atoms with Crippen LogP contribution in [-0.2, 0) is 113 Å². The molecule has 0 amide bonds. The van der Waals surface area contributed by atoms with Gasteiger partial charge in [0.15, 0.2) is 43.1 Å². The molecule has 5 aromatic rings. The van der Waals surface area contributed by atoms with Gasteiger partial charge in [-0.15, -0.1) is 0 Å². The second kappa shape index (κ2) is 47.0. The first-order valence-electron chi connectivity index (χ1n) is 38.0. The topological polar surface area (TPSA) is 348 Å². The summed E-state index contributed by atoms with van der Waals surface area (Å²) in [4.78, 5) is 174. The Kier molecular flexibility index (Phi) is 41.6. The van der Waals surface area contributed by atoms with Gasteiger partial charge in [0, 0.05) is 114 Å². The maximum atomic E-state index is 12.5. The highest BCUT2D eigenvalue weighted by Crippen LogP contribution is 2.39. The van der Waals surface area contributed by atoms with Gasteiger partial charge in [-0.2, -0.15) is 0 Å². The van der Waals surface area contributed by atoms with E-state index in [1.807, 2.05) is 168 Å². The van der Waals surface area contributed by atoms with Crippen LogP contribution in [0.4, 0.5) is 0 Å². The number of ketones is 5. The van der Waals surface area contributed by atoms with Crippen molar-refractivity contribution >= 4 is 101 Å². The Bertz CT molecular complexity index is 4350. The first kappa shape index (κ1) is 104. The summed E-state index contributed by atoms with van der Waals surface area (Å²) in [6.45, 7) is 45.2. The van der Waals surface area contributed by atoms with Crippen LogP contribution in [0, 0.1) is 27.1 Å². The first-order chi connectivity index (χ1) is 53.7. The number of para-hydroxylation sites is 5. The van der Waals surface area contributed by atoms with Crippen LogP contribution >= 0.6 is 0 Å². The monoisotopic (exact) mass is 1620 g/mol. The molecule has 0 radical (unpaired) electrons. The van der Waals surface area contributed by atoms with Crippen molar-refractivity contribution in [3.05, 3.63) is 161 Å². The number of benzene rings is 5. The Morgan fingerprint density at radius 1 is 0.316 bits per heavy atom. The second-order valence-electron chi connectivity index (χ2n) is 33.7. The van der Waals surface area contributed by atoms with E-state index in [9.17, 15) is 71.9 Å². The molecule has 0 bridgehead atoms. The highest BCUT2D eigenvalue weighted by atomic mass is 16.6. The van der Waals surface area contributed by atoms with E-state index in [0.717, 1.165) is 16.7 Å². The van der Waals surface area contributed by atoms with E-state index in [2.05, 4.69) is 9.47 Å². The Morgan fingerprint density at radius 2 is 0.590 bits per heavy atom. The molecule has 0 aliphatic rings. The average Bonchev–Trinajstić information content (AvgIpc) is 0.807. The molecule has 0 saturated heterocycles. The van der Waals surface area contributed by atoms with E-state index in [4.69, 9.17) is 37.9 Å². The molecule has 25 heteroatoms. The van der Waals surface area contributed by atoms with Crippen molar-refractivity contribution in [1.29, 1.82) is 0 Å². The van der Waals surface area contributed by atoms with Crippen molar-refractivity contribution in [3.63, 3.8) is 0 Å². The molecule has 5 aromatic carbocycles. The number of allylic oxidation sites excluding steroid dienone is 2. The summed E-state index contributed by atoms with van der Waals surface area (Å²) in [5.74, 6) is -3.98. The maximum Gasteiger partial charge on any atom is 0.352 e. The molecule has 25 nitrogen and oxygen atoms in total. The van der Waals surface area contributed by atoms with E-state index in [0.29, 0.717) is 65.6 Å². The van der Waals surface area contributed by atoms with Crippen molar-refractivity contribution < 1.29 is 119 Å². The van der Waals surface area contributed by atoms with Gasteiger partial charge in [0.25, 0.3) is 0 Å². The second-order valence-corrected chi connectivity index (χ2v) is 33.7. The van der Waals surface area contributed by atoms with Crippen LogP contribution in [0.1, 0.15) is 234 Å². The molecular formula is C92H120O25. The third-order valence-electron chi connectivity index (χ3n) is 16.6. The summed E-state index contributed by atoms with van der Waals surface area (Å²) < 4.78 is 50.1. The molecule has 0 saturated carbocycles. The number of carbonyl (C=O) groups is 15. The molecule has 0 heterocycles. The van der Waals surface area contributed by atoms with Gasteiger partial charge in [-0.3, -0.25) is 47.9 Å². The summed E-state index contributed by atoms with van der Waals surface area (Å²) in [5, 5.41) is 0. The number of ether oxygens (including phenoxy) is 10. The number of carbonyl (C=O) groups excluding carboxylic acids is 15. The zero-order chi connectivity index (χ0) is 90.0. The highest BCUT2D eigenvalue weighted by Gasteiger charge is 2.35. The number of hydrogen-bond donors (Lipinski definition) is 0. The van der Waals surface area contributed by atoms with Crippen LogP contribution in [0.3, 0.4) is 0 Å². The van der Waals surface area contributed by atoms with Crippen molar-refractivity contribution in [2.75, 3.05) is 13.2 Å². The minimum atomic E-state index is -0.999. The number of rotatable bonds is 28. The molecule has 0 spiro atoms. The summed E-state index contributed by atoms with van der Waals surface area (Å²) in [6, 6.07) is 34.9. The number of esters is 10. The van der Waals surface area contributed by atoms with E-state index >= 15 is 0 Å². The zero-order valence-corrected chi connectivity index (χ0v) is 73.0. The Labute approximate surface area is 688 Å². The minimum Gasteiger partial charge on any atom is -0.454 e. The molecule has 5 rings (SSSR count). The SMILES string of the molecule is CC(=O)OC(C)C(=O)Oc1ccccc1/C=C\C(=O)C(C)(C)C.CC(=O)OC(C)C(=O)Oc1ccccc1C(C)(C)CC(=O)C(C)(C)C.CC(=O)OC(C)C(=O)Oc1ccccc1CCC(=O)C(C)(C)C.CC(=O)OCC(=O)Oc1ccccc1/C=C\C(=O)C(C)(C)C.CC(=O)OCC(=O)Oc1ccccc1C(C)(C)CC(=O)C(C)(C)C. The Balaban J connectivity index is 0.000000732. The average molecular weight is 1630 g/mol. The van der Waals surface area contributed by atoms with Gasteiger partial charge in [0.05, 0.1) is 0 Å². The van der Waals surface area contributed by atoms with Crippen molar-refractivity contribution in [1.82, 2.24) is 0 Å². The first-order valence-corrected chi connectivity index (χ1v) is 38.0. The van der Waals surface area contributed by atoms with E-state index in [1.165, 1.54) is 67.5 Å². The Morgan fingerprint density at radius 3 is 0.915 bits per heavy atom. The molecule has 0 aromatic heterocycles. The molecule has 0 aliphatic heterocycles. The number of aryl methyl sites for hydroxylation is 1. The van der Waals surface area contributed by atoms with E-state index in [1.54, 1.807) is 97.1 Å². The van der Waals surface area contributed by atoms with E-state index in [-0.39, 0.29) is 28.9 Å².